The van der Waals surface area contributed by atoms with Crippen LogP contribution in [0, 0.1) is 12.7 Å². The van der Waals surface area contributed by atoms with Gasteiger partial charge in [-0.2, -0.15) is 0 Å². The monoisotopic (exact) mass is 382 g/mol. The summed E-state index contributed by atoms with van der Waals surface area (Å²) >= 11 is 0. The zero-order valence-corrected chi connectivity index (χ0v) is 15.6. The van der Waals surface area contributed by atoms with Crippen LogP contribution < -0.4 is 15.8 Å². The van der Waals surface area contributed by atoms with E-state index in [-0.39, 0.29) is 5.82 Å². The van der Waals surface area contributed by atoms with Crippen LogP contribution in [0.5, 0.6) is 5.75 Å². The molecule has 28 heavy (non-hydrogen) atoms. The molecule has 0 radical (unpaired) electrons. The predicted octanol–water partition coefficient (Wildman–Crippen LogP) is 2.62. The Morgan fingerprint density at radius 2 is 2.18 bits per heavy atom. The first-order chi connectivity index (χ1) is 13.5. The Bertz CT molecular complexity index is 928. The van der Waals surface area contributed by atoms with Crippen molar-refractivity contribution >= 4 is 5.91 Å². The fourth-order valence-corrected chi connectivity index (χ4v) is 2.87. The van der Waals surface area contributed by atoms with Crippen molar-refractivity contribution in [1.29, 1.82) is 0 Å². The van der Waals surface area contributed by atoms with Crippen molar-refractivity contribution in [3.63, 3.8) is 0 Å². The molecule has 1 heterocycles. The molecule has 0 aliphatic carbocycles. The lowest BCUT2D eigenvalue weighted by Crippen LogP contribution is -2.42. The van der Waals surface area contributed by atoms with Crippen LogP contribution in [0.25, 0.3) is 0 Å². The number of nitrogens with zero attached hydrogens (tertiary/aromatic N) is 1. The fraction of sp³-hybridized carbons (Fsp3) is 0.238. The van der Waals surface area contributed by atoms with Gasteiger partial charge in [0.05, 0.1) is 12.4 Å². The largest absolute Gasteiger partial charge is 0.489 e. The highest BCUT2D eigenvalue weighted by molar-refractivity contribution is 5.80. The number of nitrogens with one attached hydrogen (secondary N) is 2. The number of hydrogen-bond acceptors (Lipinski definition) is 4. The Morgan fingerprint density at radius 1 is 1.32 bits per heavy atom. The van der Waals surface area contributed by atoms with Gasteiger partial charge in [0.2, 0.25) is 5.91 Å². The maximum absolute atomic E-state index is 13.2. The molecule has 4 N–H and O–H groups in total. The first-order valence-electron chi connectivity index (χ1n) is 8.98. The van der Waals surface area contributed by atoms with Gasteiger partial charge in [0.1, 0.15) is 18.2 Å². The number of rotatable bonds is 9. The van der Waals surface area contributed by atoms with E-state index in [2.05, 4.69) is 15.3 Å². The minimum Gasteiger partial charge on any atom is -0.489 e. The molecule has 1 aromatic heterocycles. The number of carbonyl (C=O) groups is 1. The number of nitrogens with two attached hydrogens (primary N) is 1. The quantitative estimate of drug-likeness (QED) is 0.530. The Kier molecular flexibility index (Phi) is 6.39. The first-order valence-corrected chi connectivity index (χ1v) is 8.98. The van der Waals surface area contributed by atoms with Crippen LogP contribution in [0.4, 0.5) is 4.39 Å². The summed E-state index contributed by atoms with van der Waals surface area (Å²) in [6.07, 6.45) is 3.69. The van der Waals surface area contributed by atoms with Gasteiger partial charge in [-0.3, -0.25) is 4.79 Å². The molecule has 146 valence electrons. The highest BCUT2D eigenvalue weighted by atomic mass is 19.1. The Balaban J connectivity index is 1.57. The number of ether oxygens (including phenoxy) is 1. The topological polar surface area (TPSA) is 93.0 Å². The molecule has 1 amide bonds. The number of aromatic nitrogens is 2. The number of aromatic amines is 1. The van der Waals surface area contributed by atoms with Gasteiger partial charge in [0.25, 0.3) is 0 Å². The molecule has 0 aliphatic rings. The molecule has 3 rings (SSSR count). The molecule has 6 nitrogen and oxygen atoms in total. The van der Waals surface area contributed by atoms with Crippen LogP contribution in [-0.4, -0.2) is 21.9 Å². The van der Waals surface area contributed by atoms with Crippen molar-refractivity contribution < 1.29 is 13.9 Å². The lowest BCUT2D eigenvalue weighted by molar-refractivity contribution is -0.120. The van der Waals surface area contributed by atoms with E-state index in [4.69, 9.17) is 10.5 Å². The van der Waals surface area contributed by atoms with E-state index >= 15 is 0 Å². The summed E-state index contributed by atoms with van der Waals surface area (Å²) < 4.78 is 19.0. The van der Waals surface area contributed by atoms with E-state index < -0.39 is 11.9 Å². The number of primary amides is 1. The van der Waals surface area contributed by atoms with Crippen LogP contribution in [-0.2, 0) is 24.4 Å². The zero-order chi connectivity index (χ0) is 19.9. The lowest BCUT2D eigenvalue weighted by Gasteiger charge is -2.16. The van der Waals surface area contributed by atoms with E-state index in [1.165, 1.54) is 12.1 Å². The fourth-order valence-electron chi connectivity index (χ4n) is 2.87. The second-order valence-corrected chi connectivity index (χ2v) is 6.62. The summed E-state index contributed by atoms with van der Waals surface area (Å²) in [7, 11) is 0. The Hall–Kier alpha value is -3.19. The summed E-state index contributed by atoms with van der Waals surface area (Å²) in [5.74, 6) is 0.00885. The molecular formula is C21H23FN4O2. The first kappa shape index (κ1) is 19.6. The smallest absolute Gasteiger partial charge is 0.234 e. The minimum atomic E-state index is -0.497. The summed E-state index contributed by atoms with van der Waals surface area (Å²) in [6.45, 7) is 2.76. The van der Waals surface area contributed by atoms with E-state index in [1.807, 2.05) is 31.2 Å². The molecule has 3 aromatic rings. The third-order valence-corrected chi connectivity index (χ3v) is 4.47. The molecule has 0 saturated heterocycles. The molecule has 0 bridgehead atoms. The van der Waals surface area contributed by atoms with Crippen molar-refractivity contribution in [1.82, 2.24) is 15.3 Å². The molecule has 1 atom stereocenters. The van der Waals surface area contributed by atoms with Gasteiger partial charge in [-0.05, 0) is 47.9 Å². The molecule has 0 spiro atoms. The second-order valence-electron chi connectivity index (χ2n) is 6.62. The number of imidazole rings is 1. The van der Waals surface area contributed by atoms with E-state index in [9.17, 15) is 9.18 Å². The van der Waals surface area contributed by atoms with Crippen molar-refractivity contribution in [3.8, 4) is 5.75 Å². The van der Waals surface area contributed by atoms with Gasteiger partial charge in [0.15, 0.2) is 0 Å². The third-order valence-electron chi connectivity index (χ3n) is 4.47. The van der Waals surface area contributed by atoms with Crippen molar-refractivity contribution in [2.75, 3.05) is 0 Å². The predicted molar refractivity (Wildman–Crippen MR) is 104 cm³/mol. The molecule has 0 saturated carbocycles. The van der Waals surface area contributed by atoms with Crippen LogP contribution in [0.1, 0.15) is 22.4 Å². The maximum Gasteiger partial charge on any atom is 0.234 e. The lowest BCUT2D eigenvalue weighted by atomic mass is 10.1. The van der Waals surface area contributed by atoms with Crippen LogP contribution in [0.3, 0.4) is 0 Å². The van der Waals surface area contributed by atoms with Crippen LogP contribution >= 0.6 is 0 Å². The summed E-state index contributed by atoms with van der Waals surface area (Å²) in [4.78, 5) is 18.6. The molecule has 0 aliphatic heterocycles. The molecule has 7 heteroatoms. The van der Waals surface area contributed by atoms with Crippen LogP contribution in [0.15, 0.2) is 55.0 Å². The van der Waals surface area contributed by atoms with Gasteiger partial charge < -0.3 is 20.8 Å². The highest BCUT2D eigenvalue weighted by Gasteiger charge is 2.16. The SMILES string of the molecule is Cc1cc(OCc2cccc(F)c2)ccc1CNC(Cc1cnc[nH]1)C(N)=O. The van der Waals surface area contributed by atoms with Crippen molar-refractivity contribution in [2.24, 2.45) is 5.73 Å². The van der Waals surface area contributed by atoms with Gasteiger partial charge in [-0.25, -0.2) is 9.37 Å². The van der Waals surface area contributed by atoms with Crippen LogP contribution in [0.2, 0.25) is 0 Å². The molecular weight excluding hydrogens is 359 g/mol. The van der Waals surface area contributed by atoms with E-state index in [0.717, 1.165) is 22.4 Å². The number of hydrogen-bond donors (Lipinski definition) is 3. The van der Waals surface area contributed by atoms with E-state index in [0.29, 0.717) is 25.3 Å². The average Bonchev–Trinajstić information content (AvgIpc) is 3.17. The van der Waals surface area contributed by atoms with Crippen molar-refractivity contribution in [2.45, 2.75) is 32.5 Å². The highest BCUT2D eigenvalue weighted by Crippen LogP contribution is 2.19. The molecule has 1 unspecified atom stereocenters. The summed E-state index contributed by atoms with van der Waals surface area (Å²) in [5, 5.41) is 3.19. The number of halogens is 1. The number of amides is 1. The van der Waals surface area contributed by atoms with Crippen molar-refractivity contribution in [3.05, 3.63) is 83.2 Å². The average molecular weight is 382 g/mol. The number of benzene rings is 2. The minimum absolute atomic E-state index is 0.280. The van der Waals surface area contributed by atoms with E-state index in [1.54, 1.807) is 18.6 Å². The third kappa shape index (κ3) is 5.40. The second kappa shape index (κ2) is 9.14. The Labute approximate surface area is 162 Å². The van der Waals surface area contributed by atoms with Gasteiger partial charge in [0, 0.05) is 24.9 Å². The summed E-state index contributed by atoms with van der Waals surface area (Å²) in [5.41, 5.74) is 9.17. The zero-order valence-electron chi connectivity index (χ0n) is 15.6. The molecule has 2 aromatic carbocycles. The summed E-state index contributed by atoms with van der Waals surface area (Å²) in [6, 6.07) is 11.6. The normalized spacial score (nSPS) is 11.9. The van der Waals surface area contributed by atoms with Gasteiger partial charge in [-0.15, -0.1) is 0 Å². The number of aryl methyl sites for hydroxylation is 1. The maximum atomic E-state index is 13.2. The number of H-pyrrole nitrogens is 1. The molecule has 0 fully saturated rings. The Morgan fingerprint density at radius 3 is 2.86 bits per heavy atom. The van der Waals surface area contributed by atoms with Gasteiger partial charge in [-0.1, -0.05) is 18.2 Å². The van der Waals surface area contributed by atoms with Gasteiger partial charge >= 0.3 is 0 Å². The standard InChI is InChI=1S/C21H23FN4O2/c1-14-7-19(28-12-15-3-2-4-17(22)8-15)6-5-16(14)10-25-20(21(23)27)9-18-11-24-13-26-18/h2-8,11,13,20,25H,9-10,12H2,1H3,(H2,23,27)(H,24,26). The number of carbonyl (C=O) groups excluding carboxylic acids is 1.